The first-order valence-electron chi connectivity index (χ1n) is 6.00. The Morgan fingerprint density at radius 2 is 2.05 bits per heavy atom. The predicted octanol–water partition coefficient (Wildman–Crippen LogP) is 3.58. The maximum atomic E-state index is 12.8. The molecule has 3 rings (SSSR count). The smallest absolute Gasteiger partial charge is 0.269 e. The Balaban J connectivity index is 2.23. The Bertz CT molecular complexity index is 901. The molecule has 0 spiro atoms. The van der Waals surface area contributed by atoms with Crippen molar-refractivity contribution >= 4 is 33.4 Å². The highest BCUT2D eigenvalue weighted by molar-refractivity contribution is 7.98. The third kappa shape index (κ3) is 2.61. The normalized spacial score (nSPS) is 12.0. The highest BCUT2D eigenvalue weighted by atomic mass is 32.2. The van der Waals surface area contributed by atoms with E-state index < -0.39 is 17.4 Å². The van der Waals surface area contributed by atoms with Gasteiger partial charge < -0.3 is 0 Å². The van der Waals surface area contributed by atoms with E-state index in [1.807, 2.05) is 0 Å². The molecule has 9 heteroatoms. The lowest BCUT2D eigenvalue weighted by molar-refractivity contribution is -0.141. The van der Waals surface area contributed by atoms with E-state index in [-0.39, 0.29) is 5.16 Å². The van der Waals surface area contributed by atoms with Gasteiger partial charge in [0.25, 0.3) is 5.56 Å². The number of rotatable bonds is 2. The predicted molar refractivity (Wildman–Crippen MR) is 79.8 cm³/mol. The van der Waals surface area contributed by atoms with Crippen LogP contribution < -0.4 is 5.56 Å². The zero-order valence-corrected chi connectivity index (χ0v) is 12.7. The van der Waals surface area contributed by atoms with Gasteiger partial charge in [0, 0.05) is 17.6 Å². The summed E-state index contributed by atoms with van der Waals surface area (Å²) in [6.07, 6.45) is -1.43. The first-order valence-corrected chi connectivity index (χ1v) is 8.00. The largest absolute Gasteiger partial charge is 0.433 e. The van der Waals surface area contributed by atoms with Gasteiger partial charge in [0.1, 0.15) is 0 Å². The van der Waals surface area contributed by atoms with E-state index in [2.05, 4.69) is 9.36 Å². The van der Waals surface area contributed by atoms with Crippen LogP contribution in [-0.4, -0.2) is 20.2 Å². The third-order valence-corrected chi connectivity index (χ3v) is 4.37. The fourth-order valence-electron chi connectivity index (χ4n) is 1.98. The second kappa shape index (κ2) is 5.40. The number of halogens is 3. The first kappa shape index (κ1) is 15.0. The molecule has 3 aromatic rings. The molecule has 0 aliphatic rings. The van der Waals surface area contributed by atoms with Crippen molar-refractivity contribution in [1.82, 2.24) is 13.9 Å². The standard InChI is InChI=1S/C13H8F3N3OS2/c1-21-12-18-10(13(14,15)16)5-11(20)19(12)8-2-3-9-7(4-8)6-17-22-9/h2-6H,1H3. The summed E-state index contributed by atoms with van der Waals surface area (Å²) in [5.41, 5.74) is -1.49. The molecule has 22 heavy (non-hydrogen) atoms. The Labute approximate surface area is 130 Å². The number of nitrogens with zero attached hydrogens (tertiary/aromatic N) is 3. The van der Waals surface area contributed by atoms with E-state index in [1.54, 1.807) is 30.7 Å². The summed E-state index contributed by atoms with van der Waals surface area (Å²) < 4.78 is 44.4. The van der Waals surface area contributed by atoms with Gasteiger partial charge in [-0.3, -0.25) is 9.36 Å². The Morgan fingerprint density at radius 3 is 2.73 bits per heavy atom. The average Bonchev–Trinajstić information content (AvgIpc) is 2.92. The topological polar surface area (TPSA) is 47.8 Å². The second-order valence-corrected chi connectivity index (χ2v) is 5.95. The van der Waals surface area contributed by atoms with Crippen molar-refractivity contribution in [3.63, 3.8) is 0 Å². The fraction of sp³-hybridized carbons (Fsp3) is 0.154. The van der Waals surface area contributed by atoms with Gasteiger partial charge >= 0.3 is 6.18 Å². The molecule has 0 atom stereocenters. The molecule has 0 unspecified atom stereocenters. The zero-order valence-electron chi connectivity index (χ0n) is 11.1. The van der Waals surface area contributed by atoms with E-state index in [0.29, 0.717) is 11.8 Å². The van der Waals surface area contributed by atoms with Crippen LogP contribution in [0, 0.1) is 0 Å². The number of benzene rings is 1. The van der Waals surface area contributed by atoms with Crippen molar-refractivity contribution in [2.75, 3.05) is 6.26 Å². The Kier molecular flexibility index (Phi) is 3.69. The molecule has 2 heterocycles. The third-order valence-electron chi connectivity index (χ3n) is 2.96. The lowest BCUT2D eigenvalue weighted by Crippen LogP contribution is -2.24. The van der Waals surface area contributed by atoms with Crippen LogP contribution in [0.3, 0.4) is 0 Å². The summed E-state index contributed by atoms with van der Waals surface area (Å²) in [4.78, 5) is 15.7. The second-order valence-electron chi connectivity index (χ2n) is 4.35. The van der Waals surface area contributed by atoms with E-state index >= 15 is 0 Å². The van der Waals surface area contributed by atoms with Crippen LogP contribution in [0.2, 0.25) is 0 Å². The fourth-order valence-corrected chi connectivity index (χ4v) is 3.17. The molecule has 0 fully saturated rings. The van der Waals surface area contributed by atoms with Crippen molar-refractivity contribution in [1.29, 1.82) is 0 Å². The monoisotopic (exact) mass is 343 g/mol. The quantitative estimate of drug-likeness (QED) is 0.527. The molecule has 0 aliphatic carbocycles. The number of alkyl halides is 3. The van der Waals surface area contributed by atoms with Gasteiger partial charge in [-0.1, -0.05) is 11.8 Å². The SMILES string of the molecule is CSc1nc(C(F)(F)F)cc(=O)n1-c1ccc2sncc2c1. The molecular weight excluding hydrogens is 335 g/mol. The highest BCUT2D eigenvalue weighted by Gasteiger charge is 2.34. The van der Waals surface area contributed by atoms with Crippen LogP contribution >= 0.6 is 23.3 Å². The number of aromatic nitrogens is 3. The highest BCUT2D eigenvalue weighted by Crippen LogP contribution is 2.29. The summed E-state index contributed by atoms with van der Waals surface area (Å²) in [5.74, 6) is 0. The van der Waals surface area contributed by atoms with Crippen LogP contribution in [0.4, 0.5) is 13.2 Å². The van der Waals surface area contributed by atoms with Crippen LogP contribution in [0.15, 0.2) is 40.4 Å². The minimum Gasteiger partial charge on any atom is -0.269 e. The molecule has 0 N–H and O–H groups in total. The number of hydrogen-bond acceptors (Lipinski definition) is 5. The summed E-state index contributed by atoms with van der Waals surface area (Å²) in [5, 5.41) is 0.809. The molecular formula is C13H8F3N3OS2. The van der Waals surface area contributed by atoms with Crippen molar-refractivity contribution in [2.24, 2.45) is 0 Å². The molecule has 0 saturated heterocycles. The minimum absolute atomic E-state index is 0.0117. The maximum absolute atomic E-state index is 12.8. The van der Waals surface area contributed by atoms with Crippen molar-refractivity contribution in [3.8, 4) is 5.69 Å². The van der Waals surface area contributed by atoms with E-state index in [0.717, 1.165) is 26.4 Å². The Hall–Kier alpha value is -1.87. The summed E-state index contributed by atoms with van der Waals surface area (Å²) in [7, 11) is 0. The van der Waals surface area contributed by atoms with E-state index in [9.17, 15) is 18.0 Å². The summed E-state index contributed by atoms with van der Waals surface area (Å²) >= 11 is 2.29. The van der Waals surface area contributed by atoms with Crippen LogP contribution in [-0.2, 0) is 6.18 Å². The molecule has 2 aromatic heterocycles. The lowest BCUT2D eigenvalue weighted by Gasteiger charge is -2.13. The average molecular weight is 343 g/mol. The van der Waals surface area contributed by atoms with Crippen molar-refractivity contribution < 1.29 is 13.2 Å². The van der Waals surface area contributed by atoms with Crippen molar-refractivity contribution in [2.45, 2.75) is 11.3 Å². The number of fused-ring (bicyclic) bond motifs is 1. The number of thioether (sulfide) groups is 1. The maximum Gasteiger partial charge on any atom is 0.433 e. The molecule has 0 bridgehead atoms. The van der Waals surface area contributed by atoms with E-state index in [4.69, 9.17) is 0 Å². The molecule has 1 aromatic carbocycles. The van der Waals surface area contributed by atoms with E-state index in [1.165, 1.54) is 11.5 Å². The molecule has 0 radical (unpaired) electrons. The zero-order chi connectivity index (χ0) is 15.9. The number of hydrogen-bond donors (Lipinski definition) is 0. The van der Waals surface area contributed by atoms with Gasteiger partial charge in [-0.2, -0.15) is 17.5 Å². The van der Waals surface area contributed by atoms with Crippen LogP contribution in [0.1, 0.15) is 5.69 Å². The van der Waals surface area contributed by atoms with Gasteiger partial charge in [-0.25, -0.2) is 4.98 Å². The van der Waals surface area contributed by atoms with Crippen molar-refractivity contribution in [3.05, 3.63) is 46.5 Å². The molecule has 4 nitrogen and oxygen atoms in total. The van der Waals surface area contributed by atoms with Gasteiger partial charge in [-0.15, -0.1) is 0 Å². The van der Waals surface area contributed by atoms with Gasteiger partial charge in [-0.05, 0) is 36.0 Å². The van der Waals surface area contributed by atoms with Gasteiger partial charge in [0.05, 0.1) is 10.4 Å². The summed E-state index contributed by atoms with van der Waals surface area (Å²) in [6.45, 7) is 0. The van der Waals surface area contributed by atoms with Gasteiger partial charge in [0.15, 0.2) is 10.9 Å². The summed E-state index contributed by atoms with van der Waals surface area (Å²) in [6, 6.07) is 5.65. The molecule has 0 amide bonds. The van der Waals surface area contributed by atoms with Gasteiger partial charge in [0.2, 0.25) is 0 Å². The van der Waals surface area contributed by atoms with Crippen LogP contribution in [0.25, 0.3) is 15.8 Å². The van der Waals surface area contributed by atoms with Crippen LogP contribution in [0.5, 0.6) is 0 Å². The molecule has 114 valence electrons. The molecule has 0 saturated carbocycles. The lowest BCUT2D eigenvalue weighted by atomic mass is 10.2. The molecule has 0 aliphatic heterocycles. The minimum atomic E-state index is -4.65. The first-order chi connectivity index (χ1) is 10.4. The Morgan fingerprint density at radius 1 is 1.27 bits per heavy atom.